The summed E-state index contributed by atoms with van der Waals surface area (Å²) in [6.07, 6.45) is 9.61. The van der Waals surface area contributed by atoms with E-state index in [2.05, 4.69) is 25.2 Å². The molecule has 1 aliphatic heterocycles. The first-order valence-corrected chi connectivity index (χ1v) is 9.76. The minimum atomic E-state index is -0.281. The van der Waals surface area contributed by atoms with Crippen molar-refractivity contribution in [2.75, 3.05) is 24.5 Å². The van der Waals surface area contributed by atoms with Gasteiger partial charge >= 0.3 is 0 Å². The summed E-state index contributed by atoms with van der Waals surface area (Å²) in [7, 11) is 0. The number of hydrogen-bond acceptors (Lipinski definition) is 5. The van der Waals surface area contributed by atoms with Crippen molar-refractivity contribution in [3.05, 3.63) is 51.7 Å². The van der Waals surface area contributed by atoms with Crippen LogP contribution in [0.1, 0.15) is 47.3 Å². The molecule has 0 saturated carbocycles. The molecule has 1 aliphatic carbocycles. The van der Waals surface area contributed by atoms with Crippen molar-refractivity contribution in [3.8, 4) is 0 Å². The smallest absolute Gasteiger partial charge is 0.261 e. The van der Waals surface area contributed by atoms with Crippen LogP contribution in [0.5, 0.6) is 0 Å². The van der Waals surface area contributed by atoms with Crippen molar-refractivity contribution in [3.63, 3.8) is 0 Å². The number of aromatic amines is 1. The zero-order valence-corrected chi connectivity index (χ0v) is 15.4. The van der Waals surface area contributed by atoms with Gasteiger partial charge in [-0.25, -0.2) is 9.97 Å². The van der Waals surface area contributed by atoms with Crippen molar-refractivity contribution in [1.29, 1.82) is 0 Å². The second kappa shape index (κ2) is 7.90. The largest absolute Gasteiger partial charge is 0.352 e. The molecule has 1 fully saturated rings. The van der Waals surface area contributed by atoms with E-state index in [0.717, 1.165) is 68.8 Å². The number of nitrogens with zero attached hydrogens (tertiary/aromatic N) is 3. The van der Waals surface area contributed by atoms with E-state index in [-0.39, 0.29) is 17.0 Å². The van der Waals surface area contributed by atoms with E-state index < -0.39 is 0 Å². The highest BCUT2D eigenvalue weighted by atomic mass is 16.2. The van der Waals surface area contributed by atoms with Crippen LogP contribution < -0.4 is 15.8 Å². The fourth-order valence-corrected chi connectivity index (χ4v) is 4.04. The molecule has 1 saturated heterocycles. The first kappa shape index (κ1) is 17.7. The zero-order valence-electron chi connectivity index (χ0n) is 15.4. The Morgan fingerprint density at radius 3 is 2.89 bits per heavy atom. The Kier molecular flexibility index (Phi) is 5.18. The minimum Gasteiger partial charge on any atom is -0.352 e. The monoisotopic (exact) mass is 367 g/mol. The number of nitrogens with one attached hydrogen (secondary N) is 2. The van der Waals surface area contributed by atoms with E-state index in [1.807, 2.05) is 0 Å². The quantitative estimate of drug-likeness (QED) is 0.858. The molecule has 0 aromatic carbocycles. The molecule has 0 bridgehead atoms. The Balaban J connectivity index is 1.38. The van der Waals surface area contributed by atoms with Crippen LogP contribution in [0.3, 0.4) is 0 Å². The van der Waals surface area contributed by atoms with Gasteiger partial charge < -0.3 is 15.2 Å². The zero-order chi connectivity index (χ0) is 18.6. The second-order valence-electron chi connectivity index (χ2n) is 7.44. The second-order valence-corrected chi connectivity index (χ2v) is 7.44. The van der Waals surface area contributed by atoms with Crippen molar-refractivity contribution >= 4 is 11.9 Å². The summed E-state index contributed by atoms with van der Waals surface area (Å²) >= 11 is 0. The van der Waals surface area contributed by atoms with Gasteiger partial charge in [0.2, 0.25) is 5.95 Å². The lowest BCUT2D eigenvalue weighted by Gasteiger charge is -2.32. The van der Waals surface area contributed by atoms with Crippen LogP contribution in [0.4, 0.5) is 5.95 Å². The molecule has 2 aliphatic rings. The van der Waals surface area contributed by atoms with E-state index in [1.165, 1.54) is 0 Å². The first-order chi connectivity index (χ1) is 13.2. The Morgan fingerprint density at radius 1 is 1.22 bits per heavy atom. The predicted octanol–water partition coefficient (Wildman–Crippen LogP) is 1.69. The average molecular weight is 367 g/mol. The van der Waals surface area contributed by atoms with Crippen LogP contribution in [0.15, 0.2) is 29.3 Å². The third kappa shape index (κ3) is 4.02. The number of H-pyrrole nitrogens is 1. The van der Waals surface area contributed by atoms with Gasteiger partial charge in [-0.2, -0.15) is 0 Å². The van der Waals surface area contributed by atoms with Gasteiger partial charge in [0, 0.05) is 37.7 Å². The highest BCUT2D eigenvalue weighted by molar-refractivity contribution is 5.94. The fourth-order valence-electron chi connectivity index (χ4n) is 4.04. The maximum Gasteiger partial charge on any atom is 0.261 e. The average Bonchev–Trinajstić information content (AvgIpc) is 2.72. The van der Waals surface area contributed by atoms with Gasteiger partial charge in [0.05, 0.1) is 0 Å². The number of aromatic nitrogens is 3. The third-order valence-corrected chi connectivity index (χ3v) is 5.49. The summed E-state index contributed by atoms with van der Waals surface area (Å²) in [5.41, 5.74) is 2.05. The molecule has 2 N–H and O–H groups in total. The fraction of sp³-hybridized carbons (Fsp3) is 0.500. The Labute approximate surface area is 158 Å². The molecule has 3 heterocycles. The summed E-state index contributed by atoms with van der Waals surface area (Å²) < 4.78 is 0. The molecule has 4 rings (SSSR count). The summed E-state index contributed by atoms with van der Waals surface area (Å²) in [4.78, 5) is 38.5. The number of pyridine rings is 1. The molecule has 7 nitrogen and oxygen atoms in total. The molecule has 2 aromatic heterocycles. The van der Waals surface area contributed by atoms with Gasteiger partial charge in [0.25, 0.3) is 11.5 Å². The lowest BCUT2D eigenvalue weighted by Crippen LogP contribution is -2.42. The van der Waals surface area contributed by atoms with E-state index in [4.69, 9.17) is 0 Å². The van der Waals surface area contributed by atoms with Crippen molar-refractivity contribution in [1.82, 2.24) is 20.3 Å². The number of rotatable bonds is 4. The van der Waals surface area contributed by atoms with E-state index >= 15 is 0 Å². The van der Waals surface area contributed by atoms with Crippen LogP contribution in [-0.4, -0.2) is 40.5 Å². The van der Waals surface area contributed by atoms with Gasteiger partial charge in [-0.3, -0.25) is 9.59 Å². The maximum atomic E-state index is 12.6. The highest BCUT2D eigenvalue weighted by Gasteiger charge is 2.23. The Hall–Kier alpha value is -2.70. The summed E-state index contributed by atoms with van der Waals surface area (Å²) in [5, 5.41) is 2.96. The standard InChI is InChI=1S/C20H25N5O2/c26-18(16-11-15-6-1-2-7-17(15)24-19(16)27)23-12-14-5-3-10-25(13-14)20-21-8-4-9-22-20/h4,8-9,11,14H,1-3,5-7,10,12-13H2,(H,23,26)(H,24,27). The van der Waals surface area contributed by atoms with Gasteiger partial charge in [-0.05, 0) is 62.1 Å². The van der Waals surface area contributed by atoms with Crippen LogP contribution in [0, 0.1) is 5.92 Å². The highest BCUT2D eigenvalue weighted by Crippen LogP contribution is 2.20. The minimum absolute atomic E-state index is 0.231. The number of piperidine rings is 1. The van der Waals surface area contributed by atoms with Gasteiger partial charge in [-0.1, -0.05) is 0 Å². The van der Waals surface area contributed by atoms with Crippen molar-refractivity contribution in [2.24, 2.45) is 5.92 Å². The molecule has 1 amide bonds. The lowest BCUT2D eigenvalue weighted by atomic mass is 9.94. The molecular weight excluding hydrogens is 342 g/mol. The van der Waals surface area contributed by atoms with Crippen molar-refractivity contribution in [2.45, 2.75) is 38.5 Å². The molecule has 7 heteroatoms. The Bertz CT molecular complexity index is 864. The number of aryl methyl sites for hydroxylation is 2. The van der Waals surface area contributed by atoms with E-state index in [9.17, 15) is 9.59 Å². The normalized spacial score (nSPS) is 19.4. The molecule has 0 radical (unpaired) electrons. The van der Waals surface area contributed by atoms with Crippen LogP contribution >= 0.6 is 0 Å². The number of anilines is 1. The molecule has 1 atom stereocenters. The summed E-state index contributed by atoms with van der Waals surface area (Å²) in [6, 6.07) is 3.59. The molecule has 1 unspecified atom stereocenters. The molecule has 2 aromatic rings. The maximum absolute atomic E-state index is 12.6. The number of hydrogen-bond donors (Lipinski definition) is 2. The lowest BCUT2D eigenvalue weighted by molar-refractivity contribution is 0.0944. The van der Waals surface area contributed by atoms with Crippen LogP contribution in [-0.2, 0) is 12.8 Å². The summed E-state index contributed by atoms with van der Waals surface area (Å²) in [6.45, 7) is 2.29. The topological polar surface area (TPSA) is 91.0 Å². The van der Waals surface area contributed by atoms with Gasteiger partial charge in [0.1, 0.15) is 5.56 Å². The predicted molar refractivity (Wildman–Crippen MR) is 103 cm³/mol. The summed E-state index contributed by atoms with van der Waals surface area (Å²) in [5.74, 6) is 0.778. The number of carbonyl (C=O) groups excluding carboxylic acids is 1. The van der Waals surface area contributed by atoms with Crippen molar-refractivity contribution < 1.29 is 4.79 Å². The van der Waals surface area contributed by atoms with Crippen LogP contribution in [0.2, 0.25) is 0 Å². The van der Waals surface area contributed by atoms with Gasteiger partial charge in [-0.15, -0.1) is 0 Å². The van der Waals surface area contributed by atoms with E-state index in [1.54, 1.807) is 24.5 Å². The number of amides is 1. The first-order valence-electron chi connectivity index (χ1n) is 9.76. The SMILES string of the molecule is O=C(NCC1CCCN(c2ncccn2)C1)c1cc2c([nH]c1=O)CCCC2. The Morgan fingerprint density at radius 2 is 2.04 bits per heavy atom. The molecule has 27 heavy (non-hydrogen) atoms. The van der Waals surface area contributed by atoms with Crippen LogP contribution in [0.25, 0.3) is 0 Å². The third-order valence-electron chi connectivity index (χ3n) is 5.49. The molecule has 142 valence electrons. The number of fused-ring (bicyclic) bond motifs is 1. The molecule has 0 spiro atoms. The molecular formula is C20H25N5O2. The number of carbonyl (C=O) groups is 1. The van der Waals surface area contributed by atoms with Gasteiger partial charge in [0.15, 0.2) is 0 Å². The van der Waals surface area contributed by atoms with E-state index in [0.29, 0.717) is 12.5 Å².